The Balaban J connectivity index is 1.01. The van der Waals surface area contributed by atoms with Crippen molar-refractivity contribution in [2.75, 3.05) is 66.0 Å². The fourth-order valence-electron chi connectivity index (χ4n) is 5.22. The maximum Gasteiger partial charge on any atom is 0.266 e. The minimum absolute atomic E-state index is 0.0641. The Kier molecular flexibility index (Phi) is 12.5. The van der Waals surface area contributed by atoms with Crippen LogP contribution in [-0.4, -0.2) is 107 Å². The van der Waals surface area contributed by atoms with Crippen LogP contribution in [0.3, 0.4) is 0 Å². The predicted molar refractivity (Wildman–Crippen MR) is 147 cm³/mol. The second kappa shape index (κ2) is 16.5. The first-order valence-corrected chi connectivity index (χ1v) is 14.6. The van der Waals surface area contributed by atoms with Crippen LogP contribution < -0.4 is 15.4 Å². The fraction of sp³-hybridized carbons (Fsp3) is 0.655. The van der Waals surface area contributed by atoms with Crippen LogP contribution in [0.4, 0.5) is 0 Å². The number of hydrogen-bond acceptors (Lipinski definition) is 10. The van der Waals surface area contributed by atoms with E-state index in [1.807, 2.05) is 0 Å². The number of carbonyl (C=O) groups is 4. The summed E-state index contributed by atoms with van der Waals surface area (Å²) < 4.78 is 27.9. The number of nitrogens with zero attached hydrogens (tertiary/aromatic N) is 1. The van der Waals surface area contributed by atoms with Crippen LogP contribution in [0, 0.1) is 0 Å². The molecular formula is C29H41N3O9. The molecule has 4 rings (SSSR count). The molecule has 0 bridgehead atoms. The fourth-order valence-corrected chi connectivity index (χ4v) is 5.22. The quantitative estimate of drug-likeness (QED) is 0.195. The molecule has 12 heteroatoms. The van der Waals surface area contributed by atoms with Crippen molar-refractivity contribution in [2.45, 2.75) is 57.0 Å². The monoisotopic (exact) mass is 575 g/mol. The molecule has 226 valence electrons. The number of rotatable bonds is 18. The molecule has 4 amide bonds. The Bertz CT molecular complexity index is 1040. The highest BCUT2D eigenvalue weighted by Gasteiger charge is 2.46. The molecule has 2 heterocycles. The first-order valence-electron chi connectivity index (χ1n) is 14.6. The van der Waals surface area contributed by atoms with Gasteiger partial charge < -0.3 is 29.0 Å². The molecule has 12 nitrogen and oxygen atoms in total. The Labute approximate surface area is 240 Å². The highest BCUT2D eigenvalue weighted by Crippen LogP contribution is 2.33. The number of benzene rings is 1. The molecule has 3 aliphatic rings. The predicted octanol–water partition coefficient (Wildman–Crippen LogP) is 1.46. The molecule has 2 fully saturated rings. The topological polar surface area (TPSA) is 142 Å². The zero-order valence-corrected chi connectivity index (χ0v) is 23.5. The van der Waals surface area contributed by atoms with E-state index in [9.17, 15) is 19.2 Å². The van der Waals surface area contributed by atoms with Crippen LogP contribution >= 0.6 is 0 Å². The number of nitrogens with one attached hydrogen (secondary N) is 2. The summed E-state index contributed by atoms with van der Waals surface area (Å²) in [5.41, 5.74) is 0.291. The van der Waals surface area contributed by atoms with Gasteiger partial charge in [0.15, 0.2) is 0 Å². The number of piperidine rings is 1. The molecule has 1 aromatic carbocycles. The minimum atomic E-state index is -1.02. The van der Waals surface area contributed by atoms with Gasteiger partial charge in [0.05, 0.1) is 64.0 Å². The van der Waals surface area contributed by atoms with Crippen LogP contribution in [0.15, 0.2) is 18.2 Å². The molecule has 1 aromatic rings. The molecule has 41 heavy (non-hydrogen) atoms. The summed E-state index contributed by atoms with van der Waals surface area (Å²) in [7, 11) is 0. The van der Waals surface area contributed by atoms with Gasteiger partial charge in [0, 0.05) is 19.0 Å². The van der Waals surface area contributed by atoms with Crippen molar-refractivity contribution in [1.82, 2.24) is 15.5 Å². The molecule has 1 unspecified atom stereocenters. The van der Waals surface area contributed by atoms with Gasteiger partial charge in [-0.25, -0.2) is 0 Å². The van der Waals surface area contributed by atoms with Crippen LogP contribution in [-0.2, 0) is 28.5 Å². The lowest BCUT2D eigenvalue weighted by Crippen LogP contribution is -2.54. The van der Waals surface area contributed by atoms with E-state index in [1.165, 1.54) is 38.2 Å². The van der Waals surface area contributed by atoms with Crippen LogP contribution in [0.2, 0.25) is 0 Å². The molecule has 0 radical (unpaired) electrons. The lowest BCUT2D eigenvalue weighted by Gasteiger charge is -2.27. The van der Waals surface area contributed by atoms with Crippen LogP contribution in [0.1, 0.15) is 65.7 Å². The van der Waals surface area contributed by atoms with Crippen molar-refractivity contribution in [1.29, 1.82) is 0 Å². The average Bonchev–Trinajstić information content (AvgIpc) is 3.23. The van der Waals surface area contributed by atoms with Crippen LogP contribution in [0.25, 0.3) is 0 Å². The van der Waals surface area contributed by atoms with Gasteiger partial charge >= 0.3 is 0 Å². The Hall–Kier alpha value is -2.90. The molecule has 2 N–H and O–H groups in total. The first kappa shape index (κ1) is 31.0. The highest BCUT2D eigenvalue weighted by molar-refractivity contribution is 6.24. The van der Waals surface area contributed by atoms with E-state index < -0.39 is 29.7 Å². The number of ether oxygens (including phenoxy) is 5. The summed E-state index contributed by atoms with van der Waals surface area (Å²) in [6.45, 7) is 4.80. The third-order valence-corrected chi connectivity index (χ3v) is 7.32. The highest BCUT2D eigenvalue weighted by atomic mass is 16.6. The molecule has 1 saturated carbocycles. The zero-order valence-electron chi connectivity index (χ0n) is 23.5. The van der Waals surface area contributed by atoms with Gasteiger partial charge in [0.2, 0.25) is 11.8 Å². The minimum Gasteiger partial charge on any atom is -0.490 e. The van der Waals surface area contributed by atoms with E-state index >= 15 is 0 Å². The number of hydrogen-bond donors (Lipinski definition) is 2. The second-order valence-electron chi connectivity index (χ2n) is 10.2. The van der Waals surface area contributed by atoms with E-state index in [0.29, 0.717) is 52.3 Å². The van der Waals surface area contributed by atoms with Gasteiger partial charge in [-0.3, -0.25) is 29.4 Å². The van der Waals surface area contributed by atoms with E-state index in [2.05, 4.69) is 10.6 Å². The summed E-state index contributed by atoms with van der Waals surface area (Å²) in [5.74, 6) is -2.00. The van der Waals surface area contributed by atoms with E-state index in [0.717, 1.165) is 11.4 Å². The molecule has 1 saturated heterocycles. The third kappa shape index (κ3) is 9.04. The maximum atomic E-state index is 13.1. The smallest absolute Gasteiger partial charge is 0.266 e. The van der Waals surface area contributed by atoms with Crippen LogP contribution in [0.5, 0.6) is 5.75 Å². The summed E-state index contributed by atoms with van der Waals surface area (Å²) in [6, 6.07) is 4.37. The average molecular weight is 576 g/mol. The Morgan fingerprint density at radius 1 is 0.756 bits per heavy atom. The summed E-state index contributed by atoms with van der Waals surface area (Å²) in [5, 5.41) is 5.73. The lowest BCUT2D eigenvalue weighted by atomic mass is 9.96. The van der Waals surface area contributed by atoms with Crippen molar-refractivity contribution in [3.63, 3.8) is 0 Å². The number of amides is 4. The molecule has 0 aromatic heterocycles. The van der Waals surface area contributed by atoms with Crippen molar-refractivity contribution < 1.29 is 42.9 Å². The van der Waals surface area contributed by atoms with E-state index in [4.69, 9.17) is 23.7 Å². The Morgan fingerprint density at radius 3 is 2.05 bits per heavy atom. The van der Waals surface area contributed by atoms with Crippen molar-refractivity contribution in [3.05, 3.63) is 29.3 Å². The van der Waals surface area contributed by atoms with Gasteiger partial charge in [-0.15, -0.1) is 0 Å². The van der Waals surface area contributed by atoms with Gasteiger partial charge in [-0.05, 0) is 31.4 Å². The van der Waals surface area contributed by atoms with Crippen molar-refractivity contribution in [2.24, 2.45) is 0 Å². The SMILES string of the molecule is O=C1CCC(N2C(=O)c3cccc(OCCOCCOCCOCCOCCNC4CCCCC4)c3C2=O)C(=O)N1. The molecule has 1 atom stereocenters. The summed E-state index contributed by atoms with van der Waals surface area (Å²) in [4.78, 5) is 50.6. The molecule has 1 aliphatic carbocycles. The van der Waals surface area contributed by atoms with Crippen molar-refractivity contribution >= 4 is 23.6 Å². The number of fused-ring (bicyclic) bond motifs is 1. The van der Waals surface area contributed by atoms with Gasteiger partial charge in [0.25, 0.3) is 11.8 Å². The molecule has 2 aliphatic heterocycles. The normalized spacial score (nSPS) is 19.5. The number of carbonyl (C=O) groups excluding carboxylic acids is 4. The Morgan fingerprint density at radius 2 is 1.39 bits per heavy atom. The van der Waals surface area contributed by atoms with Crippen molar-refractivity contribution in [3.8, 4) is 5.75 Å². The molecular weight excluding hydrogens is 534 g/mol. The largest absolute Gasteiger partial charge is 0.490 e. The summed E-state index contributed by atoms with van der Waals surface area (Å²) >= 11 is 0. The van der Waals surface area contributed by atoms with E-state index in [1.54, 1.807) is 12.1 Å². The van der Waals surface area contributed by atoms with Gasteiger partial charge in [-0.2, -0.15) is 0 Å². The third-order valence-electron chi connectivity index (χ3n) is 7.32. The van der Waals surface area contributed by atoms with E-state index in [-0.39, 0.29) is 42.9 Å². The standard InChI is InChI=1S/C29H41N3O9/c33-25-10-9-23(27(34)31-25)32-28(35)22-7-4-8-24(26(22)29(32)36)41-20-19-40-18-17-39-16-15-38-14-13-37-12-11-30-21-5-2-1-3-6-21/h4,7-8,21,23,30H,1-3,5-6,9-20H2,(H,31,33,34). The van der Waals surface area contributed by atoms with Gasteiger partial charge in [-0.1, -0.05) is 25.3 Å². The second-order valence-corrected chi connectivity index (χ2v) is 10.2. The lowest BCUT2D eigenvalue weighted by molar-refractivity contribution is -0.136. The molecule has 0 spiro atoms. The van der Waals surface area contributed by atoms with Gasteiger partial charge in [0.1, 0.15) is 18.4 Å². The maximum absolute atomic E-state index is 13.1. The zero-order chi connectivity index (χ0) is 28.9. The number of imide groups is 2. The first-order chi connectivity index (χ1) is 20.1. The summed E-state index contributed by atoms with van der Waals surface area (Å²) in [6.07, 6.45) is 6.73.